The lowest BCUT2D eigenvalue weighted by Gasteiger charge is -2.10. The molecule has 9 aromatic rings. The fourth-order valence-electron chi connectivity index (χ4n) is 6.96. The lowest BCUT2D eigenvalue weighted by atomic mass is 10.00. The van der Waals surface area contributed by atoms with E-state index in [0.29, 0.717) is 0 Å². The van der Waals surface area contributed by atoms with Gasteiger partial charge in [-0.3, -0.25) is 9.97 Å². The highest BCUT2D eigenvalue weighted by Gasteiger charge is 2.13. The van der Waals surface area contributed by atoms with Crippen LogP contribution in [0.4, 0.5) is 0 Å². The van der Waals surface area contributed by atoms with Crippen molar-refractivity contribution in [3.8, 4) is 11.4 Å². The van der Waals surface area contributed by atoms with Crippen molar-refractivity contribution in [3.63, 3.8) is 0 Å². The Morgan fingerprint density at radius 2 is 0.696 bits per heavy atom. The van der Waals surface area contributed by atoms with Crippen molar-refractivity contribution in [1.29, 1.82) is 0 Å². The standard InChI is InChI=1S/C42H30N4/c1-3-7-39-35(5-1)36-6-2-4-8-40(36)45(39)33-17-13-31(14-18-33)25-29-9-11-30(12-10-29)26-32-15-19-34(20-16-32)46-41-21-23-43-27-37(41)38-28-44-24-22-42(38)46/h1-24,27-28H,25-26H2. The summed E-state index contributed by atoms with van der Waals surface area (Å²) in [7, 11) is 0. The van der Waals surface area contributed by atoms with Crippen LogP contribution in [0.2, 0.25) is 0 Å². The van der Waals surface area contributed by atoms with Gasteiger partial charge in [0.1, 0.15) is 0 Å². The van der Waals surface area contributed by atoms with Gasteiger partial charge >= 0.3 is 0 Å². The molecule has 0 atom stereocenters. The van der Waals surface area contributed by atoms with Crippen LogP contribution in [0, 0.1) is 0 Å². The molecule has 4 nitrogen and oxygen atoms in total. The van der Waals surface area contributed by atoms with Crippen molar-refractivity contribution in [2.45, 2.75) is 12.8 Å². The predicted molar refractivity (Wildman–Crippen MR) is 189 cm³/mol. The molecule has 5 aromatic carbocycles. The summed E-state index contributed by atoms with van der Waals surface area (Å²) in [5.74, 6) is 0. The van der Waals surface area contributed by atoms with Crippen molar-refractivity contribution >= 4 is 43.6 Å². The molecular formula is C42H30N4. The molecule has 0 aliphatic rings. The van der Waals surface area contributed by atoms with Crippen LogP contribution in [0.1, 0.15) is 22.3 Å². The van der Waals surface area contributed by atoms with Gasteiger partial charge in [0.15, 0.2) is 0 Å². The van der Waals surface area contributed by atoms with E-state index in [4.69, 9.17) is 0 Å². The number of aromatic nitrogens is 4. The molecule has 0 fully saturated rings. The fourth-order valence-corrected chi connectivity index (χ4v) is 6.96. The van der Waals surface area contributed by atoms with Gasteiger partial charge in [-0.2, -0.15) is 0 Å². The highest BCUT2D eigenvalue weighted by molar-refractivity contribution is 6.09. The van der Waals surface area contributed by atoms with Crippen molar-refractivity contribution in [1.82, 2.24) is 19.1 Å². The Hall–Kier alpha value is -6.00. The van der Waals surface area contributed by atoms with Gasteiger partial charge in [0.05, 0.1) is 22.1 Å². The van der Waals surface area contributed by atoms with Gasteiger partial charge in [0.2, 0.25) is 0 Å². The summed E-state index contributed by atoms with van der Waals surface area (Å²) in [5.41, 5.74) is 12.3. The van der Waals surface area contributed by atoms with E-state index in [2.05, 4.69) is 153 Å². The molecule has 0 saturated heterocycles. The third kappa shape index (κ3) is 4.46. The maximum Gasteiger partial charge on any atom is 0.0572 e. The molecule has 0 aliphatic heterocycles. The van der Waals surface area contributed by atoms with Crippen LogP contribution in [-0.4, -0.2) is 19.1 Å². The Morgan fingerprint density at radius 3 is 1.11 bits per heavy atom. The number of para-hydroxylation sites is 2. The maximum absolute atomic E-state index is 4.35. The highest BCUT2D eigenvalue weighted by atomic mass is 15.0. The van der Waals surface area contributed by atoms with Crippen molar-refractivity contribution < 1.29 is 0 Å². The van der Waals surface area contributed by atoms with E-state index in [0.717, 1.165) is 40.3 Å². The minimum atomic E-state index is 0.898. The normalized spacial score (nSPS) is 11.7. The van der Waals surface area contributed by atoms with E-state index in [-0.39, 0.29) is 0 Å². The van der Waals surface area contributed by atoms with Gasteiger partial charge in [-0.1, -0.05) is 84.9 Å². The molecular weight excluding hydrogens is 560 g/mol. The summed E-state index contributed by atoms with van der Waals surface area (Å²) < 4.78 is 4.66. The molecule has 218 valence electrons. The van der Waals surface area contributed by atoms with E-state index < -0.39 is 0 Å². The Kier molecular flexibility index (Phi) is 6.24. The number of nitrogens with zero attached hydrogens (tertiary/aromatic N) is 4. The molecule has 0 bridgehead atoms. The molecule has 4 aromatic heterocycles. The van der Waals surface area contributed by atoms with E-state index in [1.807, 2.05) is 24.8 Å². The van der Waals surface area contributed by atoms with Crippen LogP contribution in [0.5, 0.6) is 0 Å². The molecule has 4 heterocycles. The molecule has 0 radical (unpaired) electrons. The zero-order valence-electron chi connectivity index (χ0n) is 25.2. The largest absolute Gasteiger partial charge is 0.309 e. The second-order valence-electron chi connectivity index (χ2n) is 12.0. The predicted octanol–water partition coefficient (Wildman–Crippen LogP) is 9.85. The Morgan fingerprint density at radius 1 is 0.348 bits per heavy atom. The van der Waals surface area contributed by atoms with Crippen LogP contribution < -0.4 is 0 Å². The number of rotatable bonds is 6. The fraction of sp³-hybridized carbons (Fsp3) is 0.0476. The molecule has 0 amide bonds. The summed E-state index contributed by atoms with van der Waals surface area (Å²) in [6, 6.07) is 48.5. The van der Waals surface area contributed by atoms with E-state index >= 15 is 0 Å². The monoisotopic (exact) mass is 590 g/mol. The molecule has 0 aliphatic carbocycles. The topological polar surface area (TPSA) is 35.6 Å². The summed E-state index contributed by atoms with van der Waals surface area (Å²) in [5, 5.41) is 4.82. The quantitative estimate of drug-likeness (QED) is 0.193. The molecule has 46 heavy (non-hydrogen) atoms. The number of hydrogen-bond acceptors (Lipinski definition) is 2. The minimum Gasteiger partial charge on any atom is -0.309 e. The first kappa shape index (κ1) is 26.4. The van der Waals surface area contributed by atoms with Crippen molar-refractivity contribution in [2.24, 2.45) is 0 Å². The van der Waals surface area contributed by atoms with Gasteiger partial charge < -0.3 is 9.13 Å². The number of benzene rings is 5. The van der Waals surface area contributed by atoms with Gasteiger partial charge in [0, 0.05) is 57.7 Å². The maximum atomic E-state index is 4.35. The average molecular weight is 591 g/mol. The Balaban J connectivity index is 0.920. The van der Waals surface area contributed by atoms with Crippen LogP contribution in [0.25, 0.3) is 55.0 Å². The van der Waals surface area contributed by atoms with Gasteiger partial charge in [-0.15, -0.1) is 0 Å². The zero-order chi connectivity index (χ0) is 30.5. The summed E-state index contributed by atoms with van der Waals surface area (Å²) in [6.07, 6.45) is 9.36. The lowest BCUT2D eigenvalue weighted by Crippen LogP contribution is -1.96. The number of fused-ring (bicyclic) bond motifs is 6. The highest BCUT2D eigenvalue weighted by Crippen LogP contribution is 2.33. The second-order valence-corrected chi connectivity index (χ2v) is 12.0. The van der Waals surface area contributed by atoms with Crippen molar-refractivity contribution in [2.75, 3.05) is 0 Å². The number of hydrogen-bond donors (Lipinski definition) is 0. The van der Waals surface area contributed by atoms with Crippen molar-refractivity contribution in [3.05, 3.63) is 181 Å². The molecule has 4 heteroatoms. The molecule has 0 saturated carbocycles. The second kappa shape index (κ2) is 10.9. The van der Waals surface area contributed by atoms with E-state index in [9.17, 15) is 0 Å². The Bertz CT molecular complexity index is 2220. The van der Waals surface area contributed by atoms with Crippen LogP contribution in [-0.2, 0) is 12.8 Å². The average Bonchev–Trinajstić information content (AvgIpc) is 3.63. The third-order valence-electron chi connectivity index (χ3n) is 9.18. The lowest BCUT2D eigenvalue weighted by molar-refractivity contribution is 1.13. The van der Waals surface area contributed by atoms with E-state index in [1.54, 1.807) is 0 Å². The Labute approximate surface area is 266 Å². The van der Waals surface area contributed by atoms with Gasteiger partial charge in [-0.25, -0.2) is 0 Å². The minimum absolute atomic E-state index is 0.898. The van der Waals surface area contributed by atoms with Gasteiger partial charge in [0.25, 0.3) is 0 Å². The van der Waals surface area contributed by atoms with Crippen LogP contribution >= 0.6 is 0 Å². The summed E-state index contributed by atoms with van der Waals surface area (Å²) in [6.45, 7) is 0. The molecule has 9 rings (SSSR count). The third-order valence-corrected chi connectivity index (χ3v) is 9.18. The first-order valence-electron chi connectivity index (χ1n) is 15.7. The van der Waals surface area contributed by atoms with E-state index in [1.165, 1.54) is 49.7 Å². The van der Waals surface area contributed by atoms with Gasteiger partial charge in [-0.05, 0) is 83.6 Å². The summed E-state index contributed by atoms with van der Waals surface area (Å²) >= 11 is 0. The molecule has 0 N–H and O–H groups in total. The first-order valence-corrected chi connectivity index (χ1v) is 15.7. The van der Waals surface area contributed by atoms with Crippen LogP contribution in [0.3, 0.4) is 0 Å². The molecule has 0 unspecified atom stereocenters. The zero-order valence-corrected chi connectivity index (χ0v) is 25.2. The summed E-state index contributed by atoms with van der Waals surface area (Å²) in [4.78, 5) is 8.70. The van der Waals surface area contributed by atoms with Crippen LogP contribution in [0.15, 0.2) is 158 Å². The SMILES string of the molecule is c1ccc2c(c1)c1ccccc1n2-c1ccc(Cc2ccc(Cc3ccc(-n4c5ccncc5c5cnccc54)cc3)cc2)cc1. The molecule has 0 spiro atoms. The number of pyridine rings is 2. The first-order chi connectivity index (χ1) is 22.8. The smallest absolute Gasteiger partial charge is 0.0572 e.